The van der Waals surface area contributed by atoms with Gasteiger partial charge in [-0.1, -0.05) is 53.9 Å². The van der Waals surface area contributed by atoms with Crippen LogP contribution in [0.5, 0.6) is 0 Å². The van der Waals surface area contributed by atoms with E-state index in [1.54, 1.807) is 10.7 Å². The van der Waals surface area contributed by atoms with E-state index >= 15 is 0 Å². The summed E-state index contributed by atoms with van der Waals surface area (Å²) in [6.45, 7) is 4.84. The summed E-state index contributed by atoms with van der Waals surface area (Å²) in [7, 11) is 1.84. The maximum atomic E-state index is 6.35. The number of halogens is 3. The molecule has 0 bridgehead atoms. The molecule has 1 N–H and O–H groups in total. The molecule has 1 heterocycles. The number of nitrogens with zero attached hydrogens (tertiary/aromatic N) is 2. The van der Waals surface area contributed by atoms with Gasteiger partial charge in [0.05, 0.1) is 15.7 Å². The highest BCUT2D eigenvalue weighted by molar-refractivity contribution is 6.42. The van der Waals surface area contributed by atoms with Gasteiger partial charge in [0.2, 0.25) is 0 Å². The lowest BCUT2D eigenvalue weighted by Crippen LogP contribution is -2.23. The first-order valence-electron chi connectivity index (χ1n) is 6.81. The Bertz CT molecular complexity index is 637. The van der Waals surface area contributed by atoms with E-state index in [2.05, 4.69) is 17.3 Å². The molecule has 1 aromatic heterocycles. The summed E-state index contributed by atoms with van der Waals surface area (Å²) in [6.07, 6.45) is 0.715. The summed E-state index contributed by atoms with van der Waals surface area (Å²) in [5, 5.41) is 9.60. The third-order valence-electron chi connectivity index (χ3n) is 3.49. The van der Waals surface area contributed by atoms with Crippen LogP contribution in [0.15, 0.2) is 18.2 Å². The number of aryl methyl sites for hydroxylation is 2. The zero-order chi connectivity index (χ0) is 15.6. The molecule has 2 rings (SSSR count). The molecular formula is C15H18Cl3N3. The minimum absolute atomic E-state index is 0.0431. The van der Waals surface area contributed by atoms with E-state index in [0.717, 1.165) is 23.4 Å². The van der Waals surface area contributed by atoms with E-state index in [0.29, 0.717) is 21.6 Å². The average Bonchev–Trinajstić information content (AvgIpc) is 2.68. The third kappa shape index (κ3) is 3.54. The number of hydrogen-bond acceptors (Lipinski definition) is 2. The predicted molar refractivity (Wildman–Crippen MR) is 89.5 cm³/mol. The Morgan fingerprint density at radius 3 is 2.57 bits per heavy atom. The Morgan fingerprint density at radius 2 is 2.00 bits per heavy atom. The van der Waals surface area contributed by atoms with Crippen LogP contribution in [0.2, 0.25) is 15.2 Å². The Balaban J connectivity index is 2.38. The number of rotatable bonds is 5. The highest BCUT2D eigenvalue weighted by atomic mass is 35.5. The highest BCUT2D eigenvalue weighted by Crippen LogP contribution is 2.33. The first kappa shape index (κ1) is 16.6. The summed E-state index contributed by atoms with van der Waals surface area (Å²) >= 11 is 18.8. The van der Waals surface area contributed by atoms with E-state index in [-0.39, 0.29) is 6.04 Å². The van der Waals surface area contributed by atoms with Crippen LogP contribution in [0.4, 0.5) is 0 Å². The fourth-order valence-corrected chi connectivity index (χ4v) is 3.13. The van der Waals surface area contributed by atoms with E-state index in [1.165, 1.54) is 0 Å². The van der Waals surface area contributed by atoms with Crippen molar-refractivity contribution in [1.29, 1.82) is 0 Å². The Kier molecular flexibility index (Phi) is 5.55. The van der Waals surface area contributed by atoms with E-state index in [4.69, 9.17) is 34.8 Å². The van der Waals surface area contributed by atoms with Gasteiger partial charge in [0.25, 0.3) is 0 Å². The lowest BCUT2D eigenvalue weighted by atomic mass is 9.99. The third-order valence-corrected chi connectivity index (χ3v) is 4.79. The van der Waals surface area contributed by atoms with Crippen LogP contribution >= 0.6 is 34.8 Å². The van der Waals surface area contributed by atoms with Crippen molar-refractivity contribution in [2.24, 2.45) is 7.05 Å². The minimum Gasteiger partial charge on any atom is -0.310 e. The van der Waals surface area contributed by atoms with Gasteiger partial charge in [-0.25, -0.2) is 0 Å². The summed E-state index contributed by atoms with van der Waals surface area (Å²) in [5.41, 5.74) is 2.94. The van der Waals surface area contributed by atoms with Crippen LogP contribution < -0.4 is 5.32 Å². The molecule has 6 heteroatoms. The summed E-state index contributed by atoms with van der Waals surface area (Å²) in [5.74, 6) is 0. The first-order chi connectivity index (χ1) is 9.95. The van der Waals surface area contributed by atoms with Crippen LogP contribution in [0.25, 0.3) is 0 Å². The molecular weight excluding hydrogens is 329 g/mol. The van der Waals surface area contributed by atoms with E-state index < -0.39 is 0 Å². The molecule has 0 radical (unpaired) electrons. The average molecular weight is 347 g/mol. The molecule has 21 heavy (non-hydrogen) atoms. The van der Waals surface area contributed by atoms with Gasteiger partial charge in [0.1, 0.15) is 5.15 Å². The highest BCUT2D eigenvalue weighted by Gasteiger charge is 2.20. The van der Waals surface area contributed by atoms with Crippen LogP contribution in [-0.4, -0.2) is 16.3 Å². The topological polar surface area (TPSA) is 29.9 Å². The second kappa shape index (κ2) is 7.01. The standard InChI is InChI=1S/C15H18Cl3N3/c1-4-19-13(10-6-5-7-12(16)14(10)17)8-11-9(2)20-21(3)15(11)18/h5-7,13,19H,4,8H2,1-3H3. The van der Waals surface area contributed by atoms with Gasteiger partial charge < -0.3 is 5.32 Å². The second-order valence-corrected chi connectivity index (χ2v) is 6.08. The zero-order valence-corrected chi connectivity index (χ0v) is 14.5. The monoisotopic (exact) mass is 345 g/mol. The molecule has 0 saturated carbocycles. The zero-order valence-electron chi connectivity index (χ0n) is 12.3. The summed E-state index contributed by atoms with van der Waals surface area (Å²) in [4.78, 5) is 0. The maximum absolute atomic E-state index is 6.35. The molecule has 0 amide bonds. The lowest BCUT2D eigenvalue weighted by molar-refractivity contribution is 0.549. The minimum atomic E-state index is 0.0431. The molecule has 114 valence electrons. The molecule has 0 spiro atoms. The molecule has 2 aromatic rings. The fraction of sp³-hybridized carbons (Fsp3) is 0.400. The van der Waals surface area contributed by atoms with Gasteiger partial charge >= 0.3 is 0 Å². The van der Waals surface area contributed by atoms with Gasteiger partial charge in [-0.2, -0.15) is 5.10 Å². The van der Waals surface area contributed by atoms with Gasteiger partial charge in [0, 0.05) is 18.7 Å². The number of aromatic nitrogens is 2. The van der Waals surface area contributed by atoms with Crippen LogP contribution in [0.3, 0.4) is 0 Å². The Hall–Kier alpha value is -0.740. The molecule has 0 aliphatic carbocycles. The van der Waals surface area contributed by atoms with E-state index in [1.807, 2.05) is 26.1 Å². The number of likely N-dealkylation sites (N-methyl/N-ethyl adjacent to an activating group) is 1. The van der Waals surface area contributed by atoms with E-state index in [9.17, 15) is 0 Å². The molecule has 1 unspecified atom stereocenters. The summed E-state index contributed by atoms with van der Waals surface area (Å²) in [6, 6.07) is 5.73. The lowest BCUT2D eigenvalue weighted by Gasteiger charge is -2.20. The van der Waals surface area contributed by atoms with Gasteiger partial charge in [0.15, 0.2) is 0 Å². The smallest absolute Gasteiger partial charge is 0.130 e. The number of nitrogens with one attached hydrogen (secondary N) is 1. The summed E-state index contributed by atoms with van der Waals surface area (Å²) < 4.78 is 1.69. The van der Waals surface area contributed by atoms with Crippen LogP contribution in [-0.2, 0) is 13.5 Å². The van der Waals surface area contributed by atoms with Gasteiger partial charge in [-0.05, 0) is 31.5 Å². The molecule has 0 saturated heterocycles. The molecule has 0 aliphatic rings. The van der Waals surface area contributed by atoms with Crippen molar-refractivity contribution in [2.45, 2.75) is 26.3 Å². The molecule has 3 nitrogen and oxygen atoms in total. The van der Waals surface area contributed by atoms with Crippen molar-refractivity contribution in [3.63, 3.8) is 0 Å². The van der Waals surface area contributed by atoms with Crippen molar-refractivity contribution in [1.82, 2.24) is 15.1 Å². The molecule has 1 aromatic carbocycles. The Morgan fingerprint density at radius 1 is 1.29 bits per heavy atom. The van der Waals surface area contributed by atoms with Crippen molar-refractivity contribution in [3.8, 4) is 0 Å². The normalized spacial score (nSPS) is 12.7. The number of hydrogen-bond donors (Lipinski definition) is 1. The quantitative estimate of drug-likeness (QED) is 0.858. The first-order valence-corrected chi connectivity index (χ1v) is 7.94. The van der Waals surface area contributed by atoms with Crippen molar-refractivity contribution in [2.75, 3.05) is 6.54 Å². The fourth-order valence-electron chi connectivity index (χ4n) is 2.44. The number of benzene rings is 1. The van der Waals surface area contributed by atoms with Crippen molar-refractivity contribution >= 4 is 34.8 Å². The SMILES string of the molecule is CCNC(Cc1c(C)nn(C)c1Cl)c1cccc(Cl)c1Cl. The van der Waals surface area contributed by atoms with Crippen LogP contribution in [0, 0.1) is 6.92 Å². The van der Waals surface area contributed by atoms with Crippen molar-refractivity contribution < 1.29 is 0 Å². The Labute approximate surface area is 140 Å². The predicted octanol–water partition coefficient (Wildman–Crippen LogP) is 4.58. The largest absolute Gasteiger partial charge is 0.310 e. The second-order valence-electron chi connectivity index (χ2n) is 4.94. The molecule has 0 aliphatic heterocycles. The molecule has 0 fully saturated rings. The van der Waals surface area contributed by atoms with Crippen LogP contribution in [0.1, 0.15) is 29.8 Å². The van der Waals surface area contributed by atoms with Gasteiger partial charge in [-0.15, -0.1) is 0 Å². The van der Waals surface area contributed by atoms with Crippen molar-refractivity contribution in [3.05, 3.63) is 50.2 Å². The molecule has 1 atom stereocenters. The maximum Gasteiger partial charge on any atom is 0.130 e. The van der Waals surface area contributed by atoms with Gasteiger partial charge in [-0.3, -0.25) is 4.68 Å².